The van der Waals surface area contributed by atoms with Gasteiger partial charge in [-0.3, -0.25) is 9.59 Å². The second kappa shape index (κ2) is 5.47. The van der Waals surface area contributed by atoms with Crippen molar-refractivity contribution in [2.24, 2.45) is 5.41 Å². The highest BCUT2D eigenvalue weighted by Gasteiger charge is 2.66. The number of para-hydroxylation sites is 2. The van der Waals surface area contributed by atoms with Crippen molar-refractivity contribution in [2.45, 2.75) is 37.9 Å². The van der Waals surface area contributed by atoms with Crippen LogP contribution in [0.25, 0.3) is 0 Å². The summed E-state index contributed by atoms with van der Waals surface area (Å²) in [6.45, 7) is 8.36. The monoisotopic (exact) mass is 373 g/mol. The van der Waals surface area contributed by atoms with Crippen LogP contribution in [0.2, 0.25) is 0 Å². The lowest BCUT2D eigenvalue weighted by atomic mass is 9.60. The Balaban J connectivity index is 1.74. The molecule has 28 heavy (non-hydrogen) atoms. The number of fused-ring (bicyclic) bond motifs is 6. The van der Waals surface area contributed by atoms with Crippen molar-refractivity contribution < 1.29 is 9.59 Å². The minimum Gasteiger partial charge on any atom is -0.364 e. The molecule has 5 rings (SSSR count). The van der Waals surface area contributed by atoms with Gasteiger partial charge in [-0.2, -0.15) is 0 Å². The molecule has 0 bridgehead atoms. The summed E-state index contributed by atoms with van der Waals surface area (Å²) < 4.78 is 0. The van der Waals surface area contributed by atoms with Gasteiger partial charge in [0, 0.05) is 11.1 Å². The van der Waals surface area contributed by atoms with E-state index in [9.17, 15) is 9.59 Å². The van der Waals surface area contributed by atoms with Crippen LogP contribution in [0.15, 0.2) is 61.2 Å². The van der Waals surface area contributed by atoms with Gasteiger partial charge in [-0.1, -0.05) is 50.3 Å². The van der Waals surface area contributed by atoms with Crippen molar-refractivity contribution in [3.63, 3.8) is 0 Å². The van der Waals surface area contributed by atoms with E-state index in [1.54, 1.807) is 17.0 Å². The second-order valence-corrected chi connectivity index (χ2v) is 8.46. The highest BCUT2D eigenvalue weighted by atomic mass is 16.2. The van der Waals surface area contributed by atoms with Gasteiger partial charge < -0.3 is 15.5 Å². The zero-order chi connectivity index (χ0) is 19.7. The maximum absolute atomic E-state index is 13.6. The predicted octanol–water partition coefficient (Wildman–Crippen LogP) is 3.76. The van der Waals surface area contributed by atoms with Gasteiger partial charge in [0.05, 0.1) is 11.3 Å². The summed E-state index contributed by atoms with van der Waals surface area (Å²) >= 11 is 0. The van der Waals surface area contributed by atoms with Crippen molar-refractivity contribution in [3.05, 3.63) is 72.3 Å². The molecule has 2 N–H and O–H groups in total. The van der Waals surface area contributed by atoms with Crippen LogP contribution < -0.4 is 10.6 Å². The fourth-order valence-electron chi connectivity index (χ4n) is 5.28. The Morgan fingerprint density at radius 2 is 1.79 bits per heavy atom. The van der Waals surface area contributed by atoms with Gasteiger partial charge in [-0.05, 0) is 35.6 Å². The summed E-state index contributed by atoms with van der Waals surface area (Å²) in [6.07, 6.45) is 2.19. The molecule has 0 radical (unpaired) electrons. The topological polar surface area (TPSA) is 61.4 Å². The number of carbonyl (C=O) groups is 2. The summed E-state index contributed by atoms with van der Waals surface area (Å²) in [5, 5.41) is 6.53. The van der Waals surface area contributed by atoms with Gasteiger partial charge in [0.25, 0.3) is 5.91 Å². The number of nitrogens with zero attached hydrogens (tertiary/aromatic N) is 1. The fraction of sp³-hybridized carbons (Fsp3) is 0.304. The molecule has 3 atom stereocenters. The lowest BCUT2D eigenvalue weighted by Crippen LogP contribution is -2.53. The molecule has 0 unspecified atom stereocenters. The van der Waals surface area contributed by atoms with Gasteiger partial charge in [0.1, 0.15) is 12.2 Å². The molecule has 1 saturated heterocycles. The van der Waals surface area contributed by atoms with E-state index in [4.69, 9.17) is 0 Å². The third-order valence-corrected chi connectivity index (χ3v) is 6.91. The SMILES string of the molecule is C=CC(C)(C)[C@]12C[C@@H]3C(=O)Nc4ccccc4C(=O)N3[C@H]1Nc1ccccc12. The molecule has 142 valence electrons. The molecule has 5 nitrogen and oxygen atoms in total. The van der Waals surface area contributed by atoms with Crippen LogP contribution in [0.1, 0.15) is 36.2 Å². The molecule has 2 aromatic rings. The third kappa shape index (κ3) is 1.91. The van der Waals surface area contributed by atoms with Crippen LogP contribution in [0, 0.1) is 5.41 Å². The Hall–Kier alpha value is -3.08. The van der Waals surface area contributed by atoms with Crippen molar-refractivity contribution in [2.75, 3.05) is 10.6 Å². The van der Waals surface area contributed by atoms with Crippen LogP contribution in [-0.2, 0) is 10.2 Å². The molecule has 0 aromatic heterocycles. The Morgan fingerprint density at radius 1 is 1.11 bits per heavy atom. The number of benzene rings is 2. The highest BCUT2D eigenvalue weighted by molar-refractivity contribution is 6.10. The fourth-order valence-corrected chi connectivity index (χ4v) is 5.28. The lowest BCUT2D eigenvalue weighted by Gasteiger charge is -2.43. The standard InChI is InChI=1S/C23H23N3O2/c1-4-22(2,3)23-13-18-19(27)24-16-11-7-5-9-14(16)20(28)26(18)21(23)25-17-12-8-6-10-15(17)23/h4-12,18,21,25H,1,13H2,2-3H3,(H,24,27)/t18-,21-,23+/m1/s1. The van der Waals surface area contributed by atoms with Crippen LogP contribution in [0.5, 0.6) is 0 Å². The Bertz CT molecular complexity index is 1030. The average molecular weight is 373 g/mol. The number of rotatable bonds is 2. The maximum Gasteiger partial charge on any atom is 0.258 e. The molecule has 3 heterocycles. The first kappa shape index (κ1) is 17.0. The number of carbonyl (C=O) groups excluding carboxylic acids is 2. The quantitative estimate of drug-likeness (QED) is 0.788. The van der Waals surface area contributed by atoms with Gasteiger partial charge in [0.2, 0.25) is 5.91 Å². The van der Waals surface area contributed by atoms with Crippen molar-refractivity contribution in [1.29, 1.82) is 0 Å². The van der Waals surface area contributed by atoms with E-state index >= 15 is 0 Å². The van der Waals surface area contributed by atoms with E-state index in [1.165, 1.54) is 0 Å². The molecule has 5 heteroatoms. The number of nitrogens with one attached hydrogen (secondary N) is 2. The number of anilines is 2. The lowest BCUT2D eigenvalue weighted by molar-refractivity contribution is -0.119. The van der Waals surface area contributed by atoms with E-state index in [-0.39, 0.29) is 23.4 Å². The van der Waals surface area contributed by atoms with Gasteiger partial charge in [-0.25, -0.2) is 0 Å². The molecule has 0 aliphatic carbocycles. The van der Waals surface area contributed by atoms with Gasteiger partial charge >= 0.3 is 0 Å². The number of hydrogen-bond acceptors (Lipinski definition) is 3. The van der Waals surface area contributed by atoms with Crippen LogP contribution in [-0.4, -0.2) is 28.9 Å². The van der Waals surface area contributed by atoms with E-state index in [2.05, 4.69) is 37.1 Å². The summed E-state index contributed by atoms with van der Waals surface area (Å²) in [6, 6.07) is 14.8. The minimum atomic E-state index is -0.537. The maximum atomic E-state index is 13.6. The Labute approximate surface area is 164 Å². The van der Waals surface area contributed by atoms with Gasteiger partial charge in [-0.15, -0.1) is 6.58 Å². The smallest absolute Gasteiger partial charge is 0.258 e. The largest absolute Gasteiger partial charge is 0.364 e. The van der Waals surface area contributed by atoms with Crippen molar-refractivity contribution >= 4 is 23.2 Å². The van der Waals surface area contributed by atoms with E-state index in [0.29, 0.717) is 17.7 Å². The molecular weight excluding hydrogens is 350 g/mol. The number of amides is 2. The number of hydrogen-bond donors (Lipinski definition) is 2. The number of allylic oxidation sites excluding steroid dienone is 1. The van der Waals surface area contributed by atoms with E-state index < -0.39 is 11.5 Å². The predicted molar refractivity (Wildman–Crippen MR) is 109 cm³/mol. The first-order valence-corrected chi connectivity index (χ1v) is 9.63. The van der Waals surface area contributed by atoms with Crippen LogP contribution in [0.4, 0.5) is 11.4 Å². The normalized spacial score (nSPS) is 27.7. The first-order chi connectivity index (χ1) is 13.4. The third-order valence-electron chi connectivity index (χ3n) is 6.91. The molecule has 3 aliphatic rings. The average Bonchev–Trinajstić information content (AvgIpc) is 3.17. The van der Waals surface area contributed by atoms with Crippen LogP contribution in [0.3, 0.4) is 0 Å². The molecule has 2 amide bonds. The molecule has 1 fully saturated rings. The van der Waals surface area contributed by atoms with E-state index in [0.717, 1.165) is 11.3 Å². The summed E-state index contributed by atoms with van der Waals surface area (Å²) in [4.78, 5) is 28.5. The van der Waals surface area contributed by atoms with Crippen molar-refractivity contribution in [3.8, 4) is 0 Å². The Kier molecular flexibility index (Phi) is 3.33. The summed E-state index contributed by atoms with van der Waals surface area (Å²) in [5.41, 5.74) is 2.51. The highest BCUT2D eigenvalue weighted by Crippen LogP contribution is 2.60. The van der Waals surface area contributed by atoms with E-state index in [1.807, 2.05) is 36.4 Å². The zero-order valence-corrected chi connectivity index (χ0v) is 16.0. The molecule has 0 spiro atoms. The zero-order valence-electron chi connectivity index (χ0n) is 16.0. The second-order valence-electron chi connectivity index (χ2n) is 8.46. The molecule has 2 aromatic carbocycles. The molecular formula is C23H23N3O2. The summed E-state index contributed by atoms with van der Waals surface area (Å²) in [7, 11) is 0. The summed E-state index contributed by atoms with van der Waals surface area (Å²) in [5.74, 6) is -0.253. The molecule has 3 aliphatic heterocycles. The van der Waals surface area contributed by atoms with Gasteiger partial charge in [0.15, 0.2) is 0 Å². The van der Waals surface area contributed by atoms with Crippen LogP contribution >= 0.6 is 0 Å². The molecule has 0 saturated carbocycles. The Morgan fingerprint density at radius 3 is 2.54 bits per heavy atom. The minimum absolute atomic E-state index is 0.119. The first-order valence-electron chi connectivity index (χ1n) is 9.63. The van der Waals surface area contributed by atoms with Crippen molar-refractivity contribution in [1.82, 2.24) is 4.90 Å².